The number of urea groups is 1. The highest BCUT2D eigenvalue weighted by Crippen LogP contribution is 2.39. The first-order valence-electron chi connectivity index (χ1n) is 8.01. The van der Waals surface area contributed by atoms with Gasteiger partial charge in [0.05, 0.1) is 0 Å². The van der Waals surface area contributed by atoms with Crippen LogP contribution in [0.2, 0.25) is 0 Å². The van der Waals surface area contributed by atoms with Crippen LogP contribution >= 0.6 is 0 Å². The first kappa shape index (κ1) is 15.7. The first-order chi connectivity index (χ1) is 10.2. The number of carbonyl (C=O) groups excluding carboxylic acids is 1. The lowest BCUT2D eigenvalue weighted by molar-refractivity contribution is 0.131. The van der Waals surface area contributed by atoms with Crippen LogP contribution in [0.5, 0.6) is 0 Å². The molecule has 21 heavy (non-hydrogen) atoms. The molecule has 0 unspecified atom stereocenters. The molecular weight excluding hydrogens is 268 g/mol. The maximum Gasteiger partial charge on any atom is 0.318 e. The number of hydrogen-bond acceptors (Lipinski definition) is 4. The maximum absolute atomic E-state index is 12.3. The van der Waals surface area contributed by atoms with Crippen LogP contribution in [0.1, 0.15) is 58.7 Å². The topological polar surface area (TPSA) is 86.8 Å². The minimum absolute atomic E-state index is 0.0106. The lowest BCUT2D eigenvalue weighted by Gasteiger charge is -2.41. The van der Waals surface area contributed by atoms with E-state index < -0.39 is 5.54 Å². The van der Waals surface area contributed by atoms with Gasteiger partial charge >= 0.3 is 6.03 Å². The normalized spacial score (nSPS) is 21.0. The van der Waals surface area contributed by atoms with Crippen molar-refractivity contribution in [2.75, 3.05) is 13.1 Å². The fourth-order valence-corrected chi connectivity index (χ4v) is 2.79. The molecule has 2 aliphatic rings. The summed E-state index contributed by atoms with van der Waals surface area (Å²) in [4.78, 5) is 14.2. The molecule has 2 amide bonds. The van der Waals surface area contributed by atoms with Crippen LogP contribution in [0.15, 0.2) is 0 Å². The Labute approximate surface area is 125 Å². The third-order valence-corrected chi connectivity index (χ3v) is 4.40. The summed E-state index contributed by atoms with van der Waals surface area (Å²) in [5.74, 6) is 1.33. The Bertz CT molecular complexity index is 434. The largest absolute Gasteiger partial charge is 0.325 e. The number of hydrogen-bond donors (Lipinski definition) is 2. The van der Waals surface area contributed by atoms with Gasteiger partial charge in [0, 0.05) is 13.1 Å². The van der Waals surface area contributed by atoms with E-state index >= 15 is 0 Å². The summed E-state index contributed by atoms with van der Waals surface area (Å²) in [6.07, 6.45) is 5.04. The molecule has 2 fully saturated rings. The zero-order valence-corrected chi connectivity index (χ0v) is 13.2. The Hall–Kier alpha value is -1.66. The Morgan fingerprint density at radius 1 is 1.33 bits per heavy atom. The summed E-state index contributed by atoms with van der Waals surface area (Å²) >= 11 is 0. The number of likely N-dealkylation sites (tertiary alicyclic amines) is 1. The molecule has 118 valence electrons. The summed E-state index contributed by atoms with van der Waals surface area (Å²) in [6, 6.07) is 0.0106. The zero-order valence-electron chi connectivity index (χ0n) is 13.2. The monoisotopic (exact) mass is 294 g/mol. The number of nitrogens with one attached hydrogen (secondary N) is 2. The van der Waals surface area contributed by atoms with Crippen LogP contribution in [-0.4, -0.2) is 44.6 Å². The standard InChI is InChI=1S/C12H20N6O.C2H6/c1-9-3-7-18(8-4-9)11(19)13-12(5-2-6-12)10-14-16-17-15-10;1-2/h9H,2-8H2,1H3,(H,13,19)(H,14,15,16,17);1-2H3. The molecule has 0 radical (unpaired) electrons. The van der Waals surface area contributed by atoms with E-state index in [4.69, 9.17) is 0 Å². The highest BCUT2D eigenvalue weighted by atomic mass is 16.2. The molecule has 0 aromatic carbocycles. The molecule has 0 atom stereocenters. The summed E-state index contributed by atoms with van der Waals surface area (Å²) in [5.41, 5.74) is -0.396. The van der Waals surface area contributed by atoms with Crippen molar-refractivity contribution in [2.24, 2.45) is 5.92 Å². The molecule has 0 bridgehead atoms. The van der Waals surface area contributed by atoms with Gasteiger partial charge in [-0.25, -0.2) is 4.79 Å². The SMILES string of the molecule is CC.CC1CCN(C(=O)NC2(c3nn[nH]n3)CCC2)CC1. The molecule has 1 aromatic rings. The number of nitrogens with zero attached hydrogens (tertiary/aromatic N) is 4. The number of aromatic nitrogens is 4. The van der Waals surface area contributed by atoms with Gasteiger partial charge in [0.15, 0.2) is 5.82 Å². The van der Waals surface area contributed by atoms with E-state index in [1.807, 2.05) is 18.7 Å². The van der Waals surface area contributed by atoms with Gasteiger partial charge in [0.25, 0.3) is 0 Å². The molecule has 7 nitrogen and oxygen atoms in total. The maximum atomic E-state index is 12.3. The molecule has 2 N–H and O–H groups in total. The van der Waals surface area contributed by atoms with Gasteiger partial charge in [-0.05, 0) is 38.0 Å². The van der Waals surface area contributed by atoms with Crippen LogP contribution < -0.4 is 5.32 Å². The van der Waals surface area contributed by atoms with Crippen molar-refractivity contribution < 1.29 is 4.79 Å². The average molecular weight is 294 g/mol. The van der Waals surface area contributed by atoms with Crippen molar-refractivity contribution in [3.05, 3.63) is 5.82 Å². The minimum atomic E-state index is -0.396. The van der Waals surface area contributed by atoms with Crippen molar-refractivity contribution in [3.8, 4) is 0 Å². The molecule has 1 saturated carbocycles. The quantitative estimate of drug-likeness (QED) is 0.874. The van der Waals surface area contributed by atoms with Crippen LogP contribution in [-0.2, 0) is 5.54 Å². The Balaban J connectivity index is 0.000000774. The highest BCUT2D eigenvalue weighted by molar-refractivity contribution is 5.75. The number of tetrazole rings is 1. The summed E-state index contributed by atoms with van der Waals surface area (Å²) in [6.45, 7) is 7.92. The molecule has 1 saturated heterocycles. The van der Waals surface area contributed by atoms with E-state index in [2.05, 4.69) is 32.9 Å². The van der Waals surface area contributed by atoms with Gasteiger partial charge in [-0.3, -0.25) is 0 Å². The highest BCUT2D eigenvalue weighted by Gasteiger charge is 2.44. The van der Waals surface area contributed by atoms with E-state index in [1.165, 1.54) is 0 Å². The molecule has 7 heteroatoms. The Kier molecular flexibility index (Phi) is 5.14. The van der Waals surface area contributed by atoms with Gasteiger partial charge < -0.3 is 10.2 Å². The van der Waals surface area contributed by atoms with Crippen LogP contribution in [0, 0.1) is 5.92 Å². The van der Waals surface area contributed by atoms with E-state index in [0.29, 0.717) is 5.82 Å². The molecule has 1 aliphatic carbocycles. The third kappa shape index (κ3) is 3.33. The van der Waals surface area contributed by atoms with Gasteiger partial charge in [0.1, 0.15) is 5.54 Å². The van der Waals surface area contributed by atoms with Gasteiger partial charge in [0.2, 0.25) is 0 Å². The first-order valence-corrected chi connectivity index (χ1v) is 8.01. The molecule has 0 spiro atoms. The number of carbonyl (C=O) groups is 1. The summed E-state index contributed by atoms with van der Waals surface area (Å²) in [7, 11) is 0. The van der Waals surface area contributed by atoms with Crippen molar-refractivity contribution >= 4 is 6.03 Å². The minimum Gasteiger partial charge on any atom is -0.325 e. The smallest absolute Gasteiger partial charge is 0.318 e. The average Bonchev–Trinajstić information content (AvgIpc) is 3.00. The van der Waals surface area contributed by atoms with E-state index in [0.717, 1.165) is 51.1 Å². The predicted octanol–water partition coefficient (Wildman–Crippen LogP) is 2.05. The van der Waals surface area contributed by atoms with Gasteiger partial charge in [-0.1, -0.05) is 26.0 Å². The third-order valence-electron chi connectivity index (χ3n) is 4.40. The van der Waals surface area contributed by atoms with Crippen LogP contribution in [0.3, 0.4) is 0 Å². The number of piperidine rings is 1. The van der Waals surface area contributed by atoms with Gasteiger partial charge in [-0.15, -0.1) is 10.2 Å². The van der Waals surface area contributed by atoms with Crippen molar-refractivity contribution in [3.63, 3.8) is 0 Å². The van der Waals surface area contributed by atoms with Crippen molar-refractivity contribution in [1.82, 2.24) is 30.8 Å². The summed E-state index contributed by atoms with van der Waals surface area (Å²) < 4.78 is 0. The van der Waals surface area contributed by atoms with Gasteiger partial charge in [-0.2, -0.15) is 5.21 Å². The molecule has 1 aliphatic heterocycles. The lowest BCUT2D eigenvalue weighted by atomic mass is 9.76. The van der Waals surface area contributed by atoms with Crippen LogP contribution in [0.25, 0.3) is 0 Å². The van der Waals surface area contributed by atoms with E-state index in [9.17, 15) is 4.79 Å². The van der Waals surface area contributed by atoms with E-state index in [-0.39, 0.29) is 6.03 Å². The van der Waals surface area contributed by atoms with E-state index in [1.54, 1.807) is 0 Å². The number of rotatable bonds is 2. The zero-order chi connectivity index (χ0) is 15.3. The fraction of sp³-hybridized carbons (Fsp3) is 0.857. The number of H-pyrrole nitrogens is 1. The second-order valence-corrected chi connectivity index (χ2v) is 5.77. The second-order valence-electron chi connectivity index (χ2n) is 5.77. The Morgan fingerprint density at radius 2 is 2.00 bits per heavy atom. The second kappa shape index (κ2) is 6.87. The molecule has 2 heterocycles. The predicted molar refractivity (Wildman–Crippen MR) is 79.6 cm³/mol. The fourth-order valence-electron chi connectivity index (χ4n) is 2.79. The van der Waals surface area contributed by atoms with Crippen LogP contribution in [0.4, 0.5) is 4.79 Å². The van der Waals surface area contributed by atoms with Crippen molar-refractivity contribution in [1.29, 1.82) is 0 Å². The molecule has 1 aromatic heterocycles. The van der Waals surface area contributed by atoms with Crippen molar-refractivity contribution in [2.45, 2.75) is 58.4 Å². The lowest BCUT2D eigenvalue weighted by Crippen LogP contribution is -2.56. The summed E-state index contributed by atoms with van der Waals surface area (Å²) in [5, 5.41) is 17.3. The number of amides is 2. The number of aromatic amines is 1. The molecule has 3 rings (SSSR count). The Morgan fingerprint density at radius 3 is 2.48 bits per heavy atom. The molecular formula is C14H26N6O.